The molecule has 5 heteroatoms. The molecule has 0 spiro atoms. The first kappa shape index (κ1) is 12.4. The average molecular weight is 224 g/mol. The Kier molecular flexibility index (Phi) is 4.72. The molecule has 0 atom stereocenters. The Bertz CT molecular complexity index is 366. The normalized spacial score (nSPS) is 10.1. The van der Waals surface area contributed by atoms with E-state index in [9.17, 15) is 10.1 Å². The summed E-state index contributed by atoms with van der Waals surface area (Å²) < 4.78 is 0. The molecule has 0 amide bonds. The molecule has 0 unspecified atom stereocenters. The molecule has 0 aliphatic heterocycles. The smallest absolute Gasteiger partial charge is 0.292 e. The maximum absolute atomic E-state index is 10.9. The summed E-state index contributed by atoms with van der Waals surface area (Å²) in [7, 11) is 0. The zero-order chi connectivity index (χ0) is 12.0. The number of hydrogen-bond donors (Lipinski definition) is 2. The van der Waals surface area contributed by atoms with Crippen LogP contribution < -0.4 is 11.1 Å². The molecular formula is C11H18N3O2+. The van der Waals surface area contributed by atoms with Gasteiger partial charge < -0.3 is 11.1 Å². The number of anilines is 1. The fourth-order valence-corrected chi connectivity index (χ4v) is 1.45. The predicted octanol–water partition coefficient (Wildman–Crippen LogP) is 1.20. The second-order valence-corrected chi connectivity index (χ2v) is 3.60. The average Bonchev–Trinajstić information content (AvgIpc) is 2.29. The standard InChI is InChI=1S/C11H17N3O2/c1-2-9-4-5-10(13-7-3-6-12)11(8-9)14(15)16/h4-5,8,13H,2-3,6-7,12H2,1H3/p+1. The Morgan fingerprint density at radius 1 is 1.50 bits per heavy atom. The van der Waals surface area contributed by atoms with E-state index in [0.29, 0.717) is 5.69 Å². The highest BCUT2D eigenvalue weighted by Gasteiger charge is 2.13. The van der Waals surface area contributed by atoms with Gasteiger partial charge in [0.2, 0.25) is 0 Å². The van der Waals surface area contributed by atoms with Gasteiger partial charge in [0, 0.05) is 19.0 Å². The van der Waals surface area contributed by atoms with Crippen LogP contribution in [0.2, 0.25) is 0 Å². The second-order valence-electron chi connectivity index (χ2n) is 3.60. The first-order chi connectivity index (χ1) is 7.69. The summed E-state index contributed by atoms with van der Waals surface area (Å²) in [6.45, 7) is 3.53. The molecule has 0 aromatic heterocycles. The maximum Gasteiger partial charge on any atom is 0.292 e. The van der Waals surface area contributed by atoms with Crippen molar-refractivity contribution in [2.45, 2.75) is 19.8 Å². The third kappa shape index (κ3) is 3.20. The molecule has 1 aromatic rings. The molecule has 0 aliphatic rings. The van der Waals surface area contributed by atoms with Gasteiger partial charge in [-0.25, -0.2) is 0 Å². The van der Waals surface area contributed by atoms with Gasteiger partial charge in [-0.1, -0.05) is 13.0 Å². The van der Waals surface area contributed by atoms with Gasteiger partial charge in [-0.15, -0.1) is 0 Å². The van der Waals surface area contributed by atoms with Crippen molar-refractivity contribution in [3.8, 4) is 0 Å². The van der Waals surface area contributed by atoms with Gasteiger partial charge in [0.05, 0.1) is 11.5 Å². The molecule has 88 valence electrons. The molecule has 0 saturated heterocycles. The number of hydrogen-bond acceptors (Lipinski definition) is 3. The number of nitro groups is 1. The number of nitrogens with one attached hydrogen (secondary N) is 1. The van der Waals surface area contributed by atoms with Crippen LogP contribution in [0, 0.1) is 10.1 Å². The van der Waals surface area contributed by atoms with E-state index in [1.165, 1.54) is 0 Å². The summed E-state index contributed by atoms with van der Waals surface area (Å²) in [5.41, 5.74) is 5.46. The summed E-state index contributed by atoms with van der Waals surface area (Å²) in [6.07, 6.45) is 1.71. The fourth-order valence-electron chi connectivity index (χ4n) is 1.45. The van der Waals surface area contributed by atoms with E-state index in [0.717, 1.165) is 31.5 Å². The van der Waals surface area contributed by atoms with Crippen molar-refractivity contribution in [1.82, 2.24) is 0 Å². The number of rotatable bonds is 6. The molecule has 0 saturated carbocycles. The molecular weight excluding hydrogens is 206 g/mol. The van der Waals surface area contributed by atoms with Gasteiger partial charge >= 0.3 is 0 Å². The Hall–Kier alpha value is -1.62. The van der Waals surface area contributed by atoms with Crippen LogP contribution in [0.4, 0.5) is 11.4 Å². The van der Waals surface area contributed by atoms with E-state index in [1.54, 1.807) is 12.1 Å². The Morgan fingerprint density at radius 3 is 2.81 bits per heavy atom. The predicted molar refractivity (Wildman–Crippen MR) is 63.3 cm³/mol. The van der Waals surface area contributed by atoms with Crippen LogP contribution in [0.25, 0.3) is 0 Å². The number of aryl methyl sites for hydroxylation is 1. The van der Waals surface area contributed by atoms with Crippen LogP contribution in [0.5, 0.6) is 0 Å². The summed E-state index contributed by atoms with van der Waals surface area (Å²) in [5, 5.41) is 13.9. The third-order valence-corrected chi connectivity index (χ3v) is 2.41. The minimum absolute atomic E-state index is 0.156. The van der Waals surface area contributed by atoms with Crippen molar-refractivity contribution in [2.24, 2.45) is 0 Å². The van der Waals surface area contributed by atoms with Crippen molar-refractivity contribution in [2.75, 3.05) is 18.4 Å². The number of benzene rings is 1. The van der Waals surface area contributed by atoms with Crippen LogP contribution >= 0.6 is 0 Å². The lowest BCUT2D eigenvalue weighted by Crippen LogP contribution is -2.50. The number of nitrogens with zero attached hydrogens (tertiary/aromatic N) is 1. The Balaban J connectivity index is 2.85. The highest BCUT2D eigenvalue weighted by atomic mass is 16.6. The molecule has 16 heavy (non-hydrogen) atoms. The monoisotopic (exact) mass is 224 g/mol. The SMILES string of the molecule is CCc1ccc(NCCC[NH3+])c([N+](=O)[O-])c1. The zero-order valence-electron chi connectivity index (χ0n) is 9.53. The minimum Gasteiger partial charge on any atom is -0.379 e. The van der Waals surface area contributed by atoms with Crippen LogP contribution in [-0.4, -0.2) is 18.0 Å². The van der Waals surface area contributed by atoms with E-state index in [-0.39, 0.29) is 10.6 Å². The van der Waals surface area contributed by atoms with Crippen LogP contribution in [0.1, 0.15) is 18.9 Å². The number of quaternary nitrogens is 1. The largest absolute Gasteiger partial charge is 0.379 e. The van der Waals surface area contributed by atoms with Crippen molar-refractivity contribution in [3.05, 3.63) is 33.9 Å². The first-order valence-electron chi connectivity index (χ1n) is 5.49. The lowest BCUT2D eigenvalue weighted by Gasteiger charge is -2.06. The fraction of sp³-hybridized carbons (Fsp3) is 0.455. The van der Waals surface area contributed by atoms with Crippen molar-refractivity contribution >= 4 is 11.4 Å². The van der Waals surface area contributed by atoms with Crippen LogP contribution in [-0.2, 0) is 6.42 Å². The van der Waals surface area contributed by atoms with Crippen LogP contribution in [0.15, 0.2) is 18.2 Å². The van der Waals surface area contributed by atoms with Gasteiger partial charge in [0.1, 0.15) is 5.69 Å². The molecule has 0 bridgehead atoms. The first-order valence-corrected chi connectivity index (χ1v) is 5.49. The molecule has 0 radical (unpaired) electrons. The van der Waals surface area contributed by atoms with E-state index in [2.05, 4.69) is 11.1 Å². The van der Waals surface area contributed by atoms with Gasteiger partial charge in [0.25, 0.3) is 5.69 Å². The van der Waals surface area contributed by atoms with Gasteiger partial charge in [0.15, 0.2) is 0 Å². The Morgan fingerprint density at radius 2 is 2.25 bits per heavy atom. The second kappa shape index (κ2) is 6.07. The van der Waals surface area contributed by atoms with E-state index < -0.39 is 0 Å². The molecule has 0 fully saturated rings. The molecule has 0 aliphatic carbocycles. The van der Waals surface area contributed by atoms with Gasteiger partial charge in [-0.2, -0.15) is 0 Å². The summed E-state index contributed by atoms with van der Waals surface area (Å²) >= 11 is 0. The quantitative estimate of drug-likeness (QED) is 0.432. The minimum atomic E-state index is -0.342. The topological polar surface area (TPSA) is 82.8 Å². The van der Waals surface area contributed by atoms with Gasteiger partial charge in [-0.05, 0) is 18.1 Å². The van der Waals surface area contributed by atoms with Crippen molar-refractivity contribution < 1.29 is 10.7 Å². The molecule has 0 heterocycles. The van der Waals surface area contributed by atoms with E-state index >= 15 is 0 Å². The van der Waals surface area contributed by atoms with E-state index in [1.807, 2.05) is 13.0 Å². The van der Waals surface area contributed by atoms with Crippen LogP contribution in [0.3, 0.4) is 0 Å². The van der Waals surface area contributed by atoms with Crippen molar-refractivity contribution in [3.63, 3.8) is 0 Å². The summed E-state index contributed by atoms with van der Waals surface area (Å²) in [6, 6.07) is 5.33. The lowest BCUT2D eigenvalue weighted by atomic mass is 10.1. The Labute approximate surface area is 94.8 Å². The molecule has 1 rings (SSSR count). The highest BCUT2D eigenvalue weighted by molar-refractivity contribution is 5.62. The third-order valence-electron chi connectivity index (χ3n) is 2.41. The zero-order valence-corrected chi connectivity index (χ0v) is 9.53. The maximum atomic E-state index is 10.9. The summed E-state index contributed by atoms with van der Waals surface area (Å²) in [4.78, 5) is 10.5. The molecule has 4 N–H and O–H groups in total. The molecule has 5 nitrogen and oxygen atoms in total. The summed E-state index contributed by atoms with van der Waals surface area (Å²) in [5.74, 6) is 0. The van der Waals surface area contributed by atoms with Crippen molar-refractivity contribution in [1.29, 1.82) is 0 Å². The van der Waals surface area contributed by atoms with E-state index in [4.69, 9.17) is 0 Å². The lowest BCUT2D eigenvalue weighted by molar-refractivity contribution is -0.384. The van der Waals surface area contributed by atoms with Gasteiger partial charge in [-0.3, -0.25) is 10.1 Å². The number of nitro benzene ring substituents is 1. The molecule has 1 aromatic carbocycles. The highest BCUT2D eigenvalue weighted by Crippen LogP contribution is 2.25.